The lowest BCUT2D eigenvalue weighted by molar-refractivity contribution is 0.156. The van der Waals surface area contributed by atoms with Gasteiger partial charge in [0.15, 0.2) is 0 Å². The van der Waals surface area contributed by atoms with Gasteiger partial charge >= 0.3 is 0 Å². The third-order valence-corrected chi connectivity index (χ3v) is 3.98. The van der Waals surface area contributed by atoms with E-state index in [1.165, 1.54) is 70.6 Å². The highest BCUT2D eigenvalue weighted by Crippen LogP contribution is 2.13. The van der Waals surface area contributed by atoms with E-state index in [-0.39, 0.29) is 6.10 Å². The quantitative estimate of drug-likeness (QED) is 0.322. The van der Waals surface area contributed by atoms with Crippen LogP contribution in [0.5, 0.6) is 0 Å². The summed E-state index contributed by atoms with van der Waals surface area (Å²) in [6.45, 7) is 2.06. The van der Waals surface area contributed by atoms with Crippen molar-refractivity contribution in [3.63, 3.8) is 0 Å². The largest absolute Gasteiger partial charge is 0.393 e. The second-order valence-electron chi connectivity index (χ2n) is 5.46. The van der Waals surface area contributed by atoms with Crippen molar-refractivity contribution in [2.75, 3.05) is 5.75 Å². The zero-order valence-electron chi connectivity index (χ0n) is 12.4. The zero-order valence-corrected chi connectivity index (χ0v) is 13.3. The van der Waals surface area contributed by atoms with E-state index in [1.807, 2.05) is 0 Å². The molecule has 1 nitrogen and oxygen atoms in total. The van der Waals surface area contributed by atoms with Crippen molar-refractivity contribution in [2.45, 2.75) is 96.5 Å². The van der Waals surface area contributed by atoms with E-state index in [9.17, 15) is 5.11 Å². The molecule has 110 valence electrons. The predicted molar refractivity (Wildman–Crippen MR) is 85.6 cm³/mol. The molecule has 0 saturated heterocycles. The van der Waals surface area contributed by atoms with Crippen LogP contribution in [0.4, 0.5) is 0 Å². The van der Waals surface area contributed by atoms with E-state index in [2.05, 4.69) is 19.6 Å². The van der Waals surface area contributed by atoms with Crippen LogP contribution in [-0.2, 0) is 0 Å². The Morgan fingerprint density at radius 3 is 1.50 bits per heavy atom. The molecular weight excluding hydrogens is 240 g/mol. The van der Waals surface area contributed by atoms with Gasteiger partial charge in [0.05, 0.1) is 6.10 Å². The van der Waals surface area contributed by atoms with E-state index in [4.69, 9.17) is 0 Å². The average Bonchev–Trinajstić information content (AvgIpc) is 2.39. The van der Waals surface area contributed by atoms with E-state index < -0.39 is 0 Å². The molecule has 0 amide bonds. The number of unbranched alkanes of at least 4 members (excludes halogenated alkanes) is 10. The summed E-state index contributed by atoms with van der Waals surface area (Å²) < 4.78 is 0. The monoisotopic (exact) mass is 274 g/mol. The number of hydrogen-bond donors (Lipinski definition) is 2. The average molecular weight is 275 g/mol. The normalized spacial score (nSPS) is 12.8. The topological polar surface area (TPSA) is 20.2 Å². The lowest BCUT2D eigenvalue weighted by atomic mass is 10.0. The molecule has 0 aliphatic carbocycles. The molecule has 0 aromatic carbocycles. The van der Waals surface area contributed by atoms with Crippen LogP contribution in [0.2, 0.25) is 0 Å². The van der Waals surface area contributed by atoms with E-state index >= 15 is 0 Å². The van der Waals surface area contributed by atoms with Crippen LogP contribution in [0.15, 0.2) is 0 Å². The predicted octanol–water partition coefficient (Wildman–Crippen LogP) is 5.37. The van der Waals surface area contributed by atoms with Crippen LogP contribution in [0.1, 0.15) is 90.4 Å². The second kappa shape index (κ2) is 15.4. The molecule has 1 unspecified atom stereocenters. The lowest BCUT2D eigenvalue weighted by Gasteiger charge is -2.06. The first kappa shape index (κ1) is 18.3. The SMILES string of the molecule is CCC(O)CCCCCCCCCCCCCS. The third-order valence-electron chi connectivity index (χ3n) is 3.67. The summed E-state index contributed by atoms with van der Waals surface area (Å²) in [4.78, 5) is 0. The fraction of sp³-hybridized carbons (Fsp3) is 1.00. The van der Waals surface area contributed by atoms with Crippen LogP contribution < -0.4 is 0 Å². The summed E-state index contributed by atoms with van der Waals surface area (Å²) >= 11 is 4.22. The van der Waals surface area contributed by atoms with Crippen molar-refractivity contribution in [3.05, 3.63) is 0 Å². The highest BCUT2D eigenvalue weighted by Gasteiger charge is 1.99. The Labute approximate surface area is 120 Å². The van der Waals surface area contributed by atoms with Crippen molar-refractivity contribution in [1.29, 1.82) is 0 Å². The van der Waals surface area contributed by atoms with Gasteiger partial charge in [-0.15, -0.1) is 0 Å². The molecule has 1 atom stereocenters. The second-order valence-corrected chi connectivity index (χ2v) is 5.91. The van der Waals surface area contributed by atoms with Gasteiger partial charge in [0, 0.05) is 0 Å². The Bertz CT molecular complexity index is 150. The Balaban J connectivity index is 2.94. The van der Waals surface area contributed by atoms with Gasteiger partial charge in [-0.25, -0.2) is 0 Å². The van der Waals surface area contributed by atoms with Crippen LogP contribution >= 0.6 is 12.6 Å². The van der Waals surface area contributed by atoms with Gasteiger partial charge in [0.1, 0.15) is 0 Å². The molecule has 1 N–H and O–H groups in total. The van der Waals surface area contributed by atoms with Crippen LogP contribution in [0, 0.1) is 0 Å². The molecule has 0 radical (unpaired) electrons. The summed E-state index contributed by atoms with van der Waals surface area (Å²) in [7, 11) is 0. The first-order valence-electron chi connectivity index (χ1n) is 8.10. The molecule has 0 aliphatic heterocycles. The Morgan fingerprint density at radius 2 is 1.11 bits per heavy atom. The summed E-state index contributed by atoms with van der Waals surface area (Å²) in [5.41, 5.74) is 0. The van der Waals surface area contributed by atoms with E-state index in [0.717, 1.165) is 18.6 Å². The van der Waals surface area contributed by atoms with Gasteiger partial charge in [0.25, 0.3) is 0 Å². The third kappa shape index (κ3) is 14.4. The summed E-state index contributed by atoms with van der Waals surface area (Å²) in [5, 5.41) is 9.41. The van der Waals surface area contributed by atoms with Crippen molar-refractivity contribution >= 4 is 12.6 Å². The highest BCUT2D eigenvalue weighted by atomic mass is 32.1. The van der Waals surface area contributed by atoms with E-state index in [0.29, 0.717) is 0 Å². The fourth-order valence-corrected chi connectivity index (χ4v) is 2.51. The smallest absolute Gasteiger partial charge is 0.0537 e. The number of aliphatic hydroxyl groups is 1. The standard InChI is InChI=1S/C16H34OS/c1-2-16(17)14-12-10-8-6-4-3-5-7-9-11-13-15-18/h16-18H,2-15H2,1H3. The van der Waals surface area contributed by atoms with Gasteiger partial charge in [-0.3, -0.25) is 0 Å². The summed E-state index contributed by atoms with van der Waals surface area (Å²) in [5.74, 6) is 1.05. The fourth-order valence-electron chi connectivity index (χ4n) is 2.29. The van der Waals surface area contributed by atoms with E-state index in [1.54, 1.807) is 0 Å². The van der Waals surface area contributed by atoms with Crippen molar-refractivity contribution < 1.29 is 5.11 Å². The van der Waals surface area contributed by atoms with Crippen LogP contribution in [-0.4, -0.2) is 17.0 Å². The number of hydrogen-bond acceptors (Lipinski definition) is 2. The van der Waals surface area contributed by atoms with Crippen molar-refractivity contribution in [1.82, 2.24) is 0 Å². The maximum atomic E-state index is 9.41. The molecule has 0 heterocycles. The van der Waals surface area contributed by atoms with Gasteiger partial charge in [-0.2, -0.15) is 12.6 Å². The molecule has 0 aromatic heterocycles. The maximum absolute atomic E-state index is 9.41. The summed E-state index contributed by atoms with van der Waals surface area (Å²) in [6, 6.07) is 0. The first-order chi connectivity index (χ1) is 8.81. The minimum absolute atomic E-state index is 0.0535. The van der Waals surface area contributed by atoms with Gasteiger partial charge in [-0.1, -0.05) is 71.1 Å². The van der Waals surface area contributed by atoms with Gasteiger partial charge in [-0.05, 0) is 25.0 Å². The highest BCUT2D eigenvalue weighted by molar-refractivity contribution is 7.80. The number of thiol groups is 1. The Kier molecular flexibility index (Phi) is 15.6. The number of aliphatic hydroxyl groups excluding tert-OH is 1. The van der Waals surface area contributed by atoms with Gasteiger partial charge in [0.2, 0.25) is 0 Å². The first-order valence-corrected chi connectivity index (χ1v) is 8.73. The molecule has 0 aromatic rings. The van der Waals surface area contributed by atoms with Crippen molar-refractivity contribution in [3.8, 4) is 0 Å². The van der Waals surface area contributed by atoms with Crippen LogP contribution in [0.25, 0.3) is 0 Å². The maximum Gasteiger partial charge on any atom is 0.0537 e. The van der Waals surface area contributed by atoms with Gasteiger partial charge < -0.3 is 5.11 Å². The minimum Gasteiger partial charge on any atom is -0.393 e. The lowest BCUT2D eigenvalue weighted by Crippen LogP contribution is -2.03. The van der Waals surface area contributed by atoms with Crippen LogP contribution in [0.3, 0.4) is 0 Å². The molecule has 0 bridgehead atoms. The summed E-state index contributed by atoms with van der Waals surface area (Å²) in [6.07, 6.45) is 16.8. The minimum atomic E-state index is -0.0535. The Hall–Kier alpha value is 0.310. The molecule has 0 spiro atoms. The molecule has 18 heavy (non-hydrogen) atoms. The molecule has 2 heteroatoms. The van der Waals surface area contributed by atoms with Crippen molar-refractivity contribution in [2.24, 2.45) is 0 Å². The number of rotatable bonds is 14. The zero-order chi connectivity index (χ0) is 13.5. The molecular formula is C16H34OS. The Morgan fingerprint density at radius 1 is 0.722 bits per heavy atom. The molecule has 0 aliphatic rings. The molecule has 0 rings (SSSR count). The molecule has 0 saturated carbocycles. The molecule has 0 fully saturated rings.